The first kappa shape index (κ1) is 12.1. The first-order valence-corrected chi connectivity index (χ1v) is 4.27. The average Bonchev–Trinajstić information content (AvgIpc) is 2.15. The highest BCUT2D eigenvalue weighted by Gasteiger charge is 2.21. The summed E-state index contributed by atoms with van der Waals surface area (Å²) in [7, 11) is 0. The SMILES string of the molecule is C#CC(C)OC(=O)c1c(F)cc(F)cc1F. The molecule has 0 fully saturated rings. The molecule has 0 aliphatic heterocycles. The Hall–Kier alpha value is -1.96. The van der Waals surface area contributed by atoms with E-state index in [1.807, 2.05) is 0 Å². The molecule has 0 aliphatic rings. The molecule has 1 rings (SSSR count). The predicted molar refractivity (Wildman–Crippen MR) is 50.0 cm³/mol. The molecule has 16 heavy (non-hydrogen) atoms. The molecule has 1 aromatic carbocycles. The number of rotatable bonds is 2. The molecule has 1 atom stereocenters. The summed E-state index contributed by atoms with van der Waals surface area (Å²) in [4.78, 5) is 11.2. The number of ether oxygens (including phenoxy) is 1. The van der Waals surface area contributed by atoms with Gasteiger partial charge in [0.25, 0.3) is 0 Å². The molecule has 0 heterocycles. The van der Waals surface area contributed by atoms with E-state index in [2.05, 4.69) is 10.7 Å². The molecule has 0 saturated heterocycles. The largest absolute Gasteiger partial charge is 0.446 e. The Bertz CT molecular complexity index is 440. The third kappa shape index (κ3) is 2.54. The van der Waals surface area contributed by atoms with E-state index in [9.17, 15) is 18.0 Å². The van der Waals surface area contributed by atoms with Gasteiger partial charge in [-0.1, -0.05) is 5.92 Å². The van der Waals surface area contributed by atoms with Crippen LogP contribution in [0.4, 0.5) is 13.2 Å². The van der Waals surface area contributed by atoms with Crippen molar-refractivity contribution in [3.05, 3.63) is 35.1 Å². The zero-order chi connectivity index (χ0) is 12.3. The summed E-state index contributed by atoms with van der Waals surface area (Å²) in [5.41, 5.74) is -0.955. The van der Waals surface area contributed by atoms with E-state index in [0.717, 1.165) is 0 Å². The molecule has 0 aliphatic carbocycles. The van der Waals surface area contributed by atoms with Crippen LogP contribution >= 0.6 is 0 Å². The molecule has 0 radical (unpaired) electrons. The van der Waals surface area contributed by atoms with E-state index >= 15 is 0 Å². The minimum Gasteiger partial charge on any atom is -0.446 e. The van der Waals surface area contributed by atoms with Crippen LogP contribution in [0.3, 0.4) is 0 Å². The average molecular weight is 228 g/mol. The van der Waals surface area contributed by atoms with Crippen molar-refractivity contribution in [1.29, 1.82) is 0 Å². The quantitative estimate of drug-likeness (QED) is 0.573. The van der Waals surface area contributed by atoms with Crippen LogP contribution in [-0.4, -0.2) is 12.1 Å². The summed E-state index contributed by atoms with van der Waals surface area (Å²) in [6.07, 6.45) is 4.00. The number of halogens is 3. The Morgan fingerprint density at radius 2 is 1.88 bits per heavy atom. The lowest BCUT2D eigenvalue weighted by Crippen LogP contribution is -2.16. The lowest BCUT2D eigenvalue weighted by atomic mass is 10.2. The Morgan fingerprint density at radius 1 is 1.38 bits per heavy atom. The molecule has 2 nitrogen and oxygen atoms in total. The van der Waals surface area contributed by atoms with Crippen LogP contribution in [0.2, 0.25) is 0 Å². The monoisotopic (exact) mass is 228 g/mol. The van der Waals surface area contributed by atoms with E-state index < -0.39 is 35.1 Å². The fraction of sp³-hybridized carbons (Fsp3) is 0.182. The maximum absolute atomic E-state index is 13.1. The number of carbonyl (C=O) groups is 1. The second-order valence-corrected chi connectivity index (χ2v) is 2.96. The zero-order valence-electron chi connectivity index (χ0n) is 8.26. The summed E-state index contributed by atoms with van der Waals surface area (Å²) >= 11 is 0. The van der Waals surface area contributed by atoms with Crippen molar-refractivity contribution in [2.75, 3.05) is 0 Å². The third-order valence-electron chi connectivity index (χ3n) is 1.73. The van der Waals surface area contributed by atoms with Gasteiger partial charge >= 0.3 is 5.97 Å². The first-order valence-electron chi connectivity index (χ1n) is 4.27. The van der Waals surface area contributed by atoms with Crippen molar-refractivity contribution in [1.82, 2.24) is 0 Å². The Labute approximate surface area is 90.0 Å². The summed E-state index contributed by atoms with van der Waals surface area (Å²) < 4.78 is 43.2. The van der Waals surface area contributed by atoms with Crippen LogP contribution in [0.5, 0.6) is 0 Å². The summed E-state index contributed by atoms with van der Waals surface area (Å²) in [5.74, 6) is -2.98. The molecule has 0 N–H and O–H groups in total. The van der Waals surface area contributed by atoms with Crippen LogP contribution in [0.1, 0.15) is 17.3 Å². The fourth-order valence-corrected chi connectivity index (χ4v) is 0.991. The minimum absolute atomic E-state index is 0.389. The molecule has 0 aromatic heterocycles. The number of hydrogen-bond donors (Lipinski definition) is 0. The van der Waals surface area contributed by atoms with Gasteiger partial charge in [0.1, 0.15) is 23.0 Å². The molecule has 5 heteroatoms. The van der Waals surface area contributed by atoms with Crippen LogP contribution in [0, 0.1) is 29.8 Å². The molecule has 0 bridgehead atoms. The zero-order valence-corrected chi connectivity index (χ0v) is 8.26. The topological polar surface area (TPSA) is 26.3 Å². The van der Waals surface area contributed by atoms with Crippen LogP contribution in [0.15, 0.2) is 12.1 Å². The van der Waals surface area contributed by atoms with E-state index in [0.29, 0.717) is 12.1 Å². The standard InChI is InChI=1S/C11H7F3O2/c1-3-6(2)16-11(15)10-8(13)4-7(12)5-9(10)14/h1,4-6H,2H3. The van der Waals surface area contributed by atoms with E-state index in [-0.39, 0.29) is 0 Å². The molecule has 1 aromatic rings. The number of terminal acetylenes is 1. The van der Waals surface area contributed by atoms with Crippen molar-refractivity contribution in [2.45, 2.75) is 13.0 Å². The van der Waals surface area contributed by atoms with Gasteiger partial charge in [-0.2, -0.15) is 0 Å². The predicted octanol–water partition coefficient (Wildman–Crippen LogP) is 2.28. The Balaban J connectivity index is 3.06. The minimum atomic E-state index is -1.33. The lowest BCUT2D eigenvalue weighted by Gasteiger charge is -2.08. The van der Waals surface area contributed by atoms with Crippen molar-refractivity contribution in [3.63, 3.8) is 0 Å². The highest BCUT2D eigenvalue weighted by Crippen LogP contribution is 2.16. The van der Waals surface area contributed by atoms with Gasteiger partial charge in [0, 0.05) is 12.1 Å². The second-order valence-electron chi connectivity index (χ2n) is 2.96. The smallest absolute Gasteiger partial charge is 0.345 e. The van der Waals surface area contributed by atoms with E-state index in [1.54, 1.807) is 0 Å². The number of hydrogen-bond acceptors (Lipinski definition) is 2. The molecule has 0 amide bonds. The Kier molecular flexibility index (Phi) is 3.56. The van der Waals surface area contributed by atoms with Crippen molar-refractivity contribution < 1.29 is 22.7 Å². The molecular formula is C11H7F3O2. The summed E-state index contributed by atoms with van der Waals surface area (Å²) in [6.45, 7) is 1.36. The van der Waals surface area contributed by atoms with E-state index in [4.69, 9.17) is 6.42 Å². The Morgan fingerprint density at radius 3 is 2.31 bits per heavy atom. The van der Waals surface area contributed by atoms with Crippen molar-refractivity contribution in [2.24, 2.45) is 0 Å². The summed E-state index contributed by atoms with van der Waals surface area (Å²) in [5, 5.41) is 0. The lowest BCUT2D eigenvalue weighted by molar-refractivity contribution is 0.0427. The first-order chi connectivity index (χ1) is 7.45. The highest BCUT2D eigenvalue weighted by molar-refractivity contribution is 5.90. The highest BCUT2D eigenvalue weighted by atomic mass is 19.1. The van der Waals surface area contributed by atoms with Gasteiger partial charge in [0.05, 0.1) is 0 Å². The number of benzene rings is 1. The fourth-order valence-electron chi connectivity index (χ4n) is 0.991. The van der Waals surface area contributed by atoms with Gasteiger partial charge in [-0.05, 0) is 6.92 Å². The molecule has 0 saturated carbocycles. The molecule has 1 unspecified atom stereocenters. The molecule has 84 valence electrons. The van der Waals surface area contributed by atoms with Gasteiger partial charge in [0.15, 0.2) is 6.10 Å². The van der Waals surface area contributed by atoms with Gasteiger partial charge < -0.3 is 4.74 Å². The number of carbonyl (C=O) groups excluding carboxylic acids is 1. The van der Waals surface area contributed by atoms with E-state index in [1.165, 1.54) is 6.92 Å². The van der Waals surface area contributed by atoms with Gasteiger partial charge in [-0.3, -0.25) is 0 Å². The van der Waals surface area contributed by atoms with Crippen LogP contribution in [-0.2, 0) is 4.74 Å². The van der Waals surface area contributed by atoms with Gasteiger partial charge in [-0.15, -0.1) is 6.42 Å². The van der Waals surface area contributed by atoms with Gasteiger partial charge in [-0.25, -0.2) is 18.0 Å². The number of esters is 1. The maximum Gasteiger partial charge on any atom is 0.345 e. The van der Waals surface area contributed by atoms with Gasteiger partial charge in [0.2, 0.25) is 0 Å². The molecular weight excluding hydrogens is 221 g/mol. The maximum atomic E-state index is 13.1. The van der Waals surface area contributed by atoms with Crippen molar-refractivity contribution >= 4 is 5.97 Å². The summed E-state index contributed by atoms with van der Waals surface area (Å²) in [6, 6.07) is 0.778. The second kappa shape index (κ2) is 4.71. The molecule has 0 spiro atoms. The van der Waals surface area contributed by atoms with Crippen LogP contribution < -0.4 is 0 Å². The third-order valence-corrected chi connectivity index (χ3v) is 1.73. The van der Waals surface area contributed by atoms with Crippen LogP contribution in [0.25, 0.3) is 0 Å². The normalized spacial score (nSPS) is 11.7. The van der Waals surface area contributed by atoms with Crippen molar-refractivity contribution in [3.8, 4) is 12.3 Å².